The molecule has 2 aliphatic rings. The lowest BCUT2D eigenvalue weighted by atomic mass is 10.0. The van der Waals surface area contributed by atoms with Crippen LogP contribution in [0, 0.1) is 0 Å². The fraction of sp³-hybridized carbons (Fsp3) is 0.452. The van der Waals surface area contributed by atoms with Crippen LogP contribution in [-0.4, -0.2) is 88.0 Å². The van der Waals surface area contributed by atoms with Gasteiger partial charge in [0.1, 0.15) is 17.9 Å². The van der Waals surface area contributed by atoms with Crippen molar-refractivity contribution < 1.29 is 4.74 Å². The maximum Gasteiger partial charge on any atom is 0.144 e. The van der Waals surface area contributed by atoms with Crippen molar-refractivity contribution in [3.63, 3.8) is 0 Å². The highest BCUT2D eigenvalue weighted by atomic mass is 16.5. The maximum absolute atomic E-state index is 6.63. The molecule has 0 radical (unpaired) electrons. The summed E-state index contributed by atoms with van der Waals surface area (Å²) in [5.74, 6) is 1.40. The zero-order valence-electron chi connectivity index (χ0n) is 24.5. The average Bonchev–Trinajstić information content (AvgIpc) is 3.37. The van der Waals surface area contributed by atoms with Crippen LogP contribution in [-0.2, 0) is 7.05 Å². The van der Waals surface area contributed by atoms with Crippen LogP contribution in [0.3, 0.4) is 0 Å². The van der Waals surface area contributed by atoms with Crippen LogP contribution in [0.5, 0.6) is 5.75 Å². The Labute approximate surface area is 242 Å². The number of nitrogen functional groups attached to an aromatic ring is 1. The van der Waals surface area contributed by atoms with Gasteiger partial charge in [-0.1, -0.05) is 12.1 Å². The third-order valence-corrected chi connectivity index (χ3v) is 8.72. The van der Waals surface area contributed by atoms with Crippen molar-refractivity contribution in [1.29, 1.82) is 0 Å². The van der Waals surface area contributed by atoms with E-state index in [2.05, 4.69) is 73.2 Å². The van der Waals surface area contributed by atoms with E-state index in [1.54, 1.807) is 13.4 Å². The first-order valence-electron chi connectivity index (χ1n) is 14.6. The highest BCUT2D eigenvalue weighted by molar-refractivity contribution is 5.84. The molecule has 4 heterocycles. The summed E-state index contributed by atoms with van der Waals surface area (Å²) in [6, 6.07) is 13.4. The molecular formula is C31H41N9O. The summed E-state index contributed by atoms with van der Waals surface area (Å²) >= 11 is 0. The number of anilines is 4. The molecule has 10 heteroatoms. The number of ether oxygens (including phenoxy) is 1. The number of aromatic nitrogens is 4. The van der Waals surface area contributed by atoms with Crippen molar-refractivity contribution in [3.05, 3.63) is 48.9 Å². The third kappa shape index (κ3) is 5.67. The minimum absolute atomic E-state index is 0.632. The molecule has 41 heavy (non-hydrogen) atoms. The Kier molecular flexibility index (Phi) is 7.68. The van der Waals surface area contributed by atoms with Gasteiger partial charge in [0, 0.05) is 81.5 Å². The van der Waals surface area contributed by atoms with E-state index in [9.17, 15) is 0 Å². The molecule has 6 rings (SSSR count). The topological polar surface area (TPSA) is 101 Å². The van der Waals surface area contributed by atoms with E-state index < -0.39 is 0 Å². The van der Waals surface area contributed by atoms with E-state index in [1.807, 2.05) is 30.1 Å². The molecule has 10 nitrogen and oxygen atoms in total. The lowest BCUT2D eigenvalue weighted by molar-refractivity contribution is 0.0692. The van der Waals surface area contributed by atoms with Crippen molar-refractivity contribution in [2.75, 3.05) is 62.3 Å². The second-order valence-corrected chi connectivity index (χ2v) is 11.5. The number of aryl methyl sites for hydroxylation is 1. The first-order chi connectivity index (χ1) is 19.9. The monoisotopic (exact) mass is 555 g/mol. The van der Waals surface area contributed by atoms with Crippen LogP contribution in [0.1, 0.15) is 26.7 Å². The molecule has 216 valence electrons. The van der Waals surface area contributed by atoms with Gasteiger partial charge in [0.05, 0.1) is 41.6 Å². The van der Waals surface area contributed by atoms with Gasteiger partial charge >= 0.3 is 0 Å². The number of hydrogen-bond donors (Lipinski definition) is 2. The van der Waals surface area contributed by atoms with E-state index in [0.717, 1.165) is 70.9 Å². The summed E-state index contributed by atoms with van der Waals surface area (Å²) < 4.78 is 7.67. The van der Waals surface area contributed by atoms with E-state index >= 15 is 0 Å². The maximum atomic E-state index is 6.63. The van der Waals surface area contributed by atoms with Crippen molar-refractivity contribution in [3.8, 4) is 17.0 Å². The second kappa shape index (κ2) is 11.5. The average molecular weight is 556 g/mol. The number of nitrogens with one attached hydrogen (secondary N) is 1. The van der Waals surface area contributed by atoms with Crippen molar-refractivity contribution in [2.45, 2.75) is 38.8 Å². The smallest absolute Gasteiger partial charge is 0.144 e. The van der Waals surface area contributed by atoms with Gasteiger partial charge in [0.15, 0.2) is 0 Å². The van der Waals surface area contributed by atoms with Gasteiger partial charge in [-0.3, -0.25) is 14.5 Å². The fourth-order valence-corrected chi connectivity index (χ4v) is 6.24. The quantitative estimate of drug-likeness (QED) is 0.322. The van der Waals surface area contributed by atoms with Crippen LogP contribution in [0.25, 0.3) is 22.2 Å². The first kappa shape index (κ1) is 27.3. The summed E-state index contributed by atoms with van der Waals surface area (Å²) in [5.41, 5.74) is 12.0. The summed E-state index contributed by atoms with van der Waals surface area (Å²) in [5, 5.41) is 8.85. The number of methoxy groups -OCH3 is 1. The van der Waals surface area contributed by atoms with E-state index in [-0.39, 0.29) is 0 Å². The fourth-order valence-electron chi connectivity index (χ4n) is 6.24. The third-order valence-electron chi connectivity index (χ3n) is 8.72. The van der Waals surface area contributed by atoms with E-state index in [0.29, 0.717) is 17.9 Å². The summed E-state index contributed by atoms with van der Waals surface area (Å²) in [6.45, 7) is 11.2. The van der Waals surface area contributed by atoms with Crippen LogP contribution in [0.2, 0.25) is 0 Å². The molecule has 0 unspecified atom stereocenters. The molecule has 2 fully saturated rings. The highest BCUT2D eigenvalue weighted by Gasteiger charge is 2.29. The standard InChI is InChI=1S/C31H41N9O/c1-21(2)38-11-13-39(14-12-38)24-7-9-40(10-8-24)29-18-30(41-4)27(16-25(29)32)36-31-17-26(33-20-34-31)22-5-6-23-19-35-37(3)28(23)15-22/h5-6,15-21,24H,7-14,32H2,1-4H3,(H,33,34,36). The number of nitrogens with zero attached hydrogens (tertiary/aromatic N) is 7. The molecule has 2 saturated heterocycles. The van der Waals surface area contributed by atoms with Crippen LogP contribution in [0.15, 0.2) is 48.9 Å². The van der Waals surface area contributed by atoms with Crippen LogP contribution < -0.4 is 20.7 Å². The molecule has 2 aromatic carbocycles. The Morgan fingerprint density at radius 3 is 2.49 bits per heavy atom. The van der Waals surface area contributed by atoms with Crippen LogP contribution in [0.4, 0.5) is 22.9 Å². The zero-order valence-corrected chi connectivity index (χ0v) is 24.5. The summed E-state index contributed by atoms with van der Waals surface area (Å²) in [4.78, 5) is 16.6. The molecule has 0 amide bonds. The predicted molar refractivity (Wildman–Crippen MR) is 166 cm³/mol. The highest BCUT2D eigenvalue weighted by Crippen LogP contribution is 2.38. The number of fused-ring (bicyclic) bond motifs is 1. The molecule has 0 saturated carbocycles. The Morgan fingerprint density at radius 1 is 0.976 bits per heavy atom. The largest absolute Gasteiger partial charge is 0.494 e. The number of rotatable bonds is 7. The van der Waals surface area contributed by atoms with Gasteiger partial charge in [-0.15, -0.1) is 0 Å². The normalized spacial score (nSPS) is 17.4. The molecule has 0 atom stereocenters. The van der Waals surface area contributed by atoms with Gasteiger partial charge in [-0.25, -0.2) is 9.97 Å². The number of benzene rings is 2. The zero-order chi connectivity index (χ0) is 28.5. The molecule has 0 spiro atoms. The molecule has 4 aromatic rings. The summed E-state index contributed by atoms with van der Waals surface area (Å²) in [6.07, 6.45) is 5.74. The second-order valence-electron chi connectivity index (χ2n) is 11.5. The molecule has 3 N–H and O–H groups in total. The van der Waals surface area contributed by atoms with Crippen molar-refractivity contribution >= 4 is 33.8 Å². The minimum Gasteiger partial charge on any atom is -0.494 e. The van der Waals surface area contributed by atoms with Crippen molar-refractivity contribution in [1.82, 2.24) is 29.5 Å². The lowest BCUT2D eigenvalue weighted by Crippen LogP contribution is -2.54. The molecule has 0 aliphatic carbocycles. The van der Waals surface area contributed by atoms with Gasteiger partial charge in [-0.05, 0) is 38.8 Å². The molecule has 2 aliphatic heterocycles. The Balaban J connectivity index is 1.14. The number of nitrogens with two attached hydrogens (primary N) is 1. The Hall–Kier alpha value is -3.89. The number of hydrogen-bond acceptors (Lipinski definition) is 9. The number of piperidine rings is 1. The van der Waals surface area contributed by atoms with Crippen molar-refractivity contribution in [2.24, 2.45) is 7.05 Å². The SMILES string of the molecule is COc1cc(N2CCC(N3CCN(C(C)C)CC3)CC2)c(N)cc1Nc1cc(-c2ccc3cnn(C)c3c2)ncn1. The summed E-state index contributed by atoms with van der Waals surface area (Å²) in [7, 11) is 3.63. The Morgan fingerprint density at radius 2 is 1.76 bits per heavy atom. The first-order valence-corrected chi connectivity index (χ1v) is 14.6. The molecule has 0 bridgehead atoms. The van der Waals surface area contributed by atoms with Gasteiger partial charge in [-0.2, -0.15) is 5.10 Å². The lowest BCUT2D eigenvalue weighted by Gasteiger charge is -2.44. The molecular weight excluding hydrogens is 514 g/mol. The van der Waals surface area contributed by atoms with Gasteiger partial charge < -0.3 is 20.7 Å². The molecule has 2 aromatic heterocycles. The van der Waals surface area contributed by atoms with E-state index in [1.165, 1.54) is 26.2 Å². The van der Waals surface area contributed by atoms with Crippen LogP contribution >= 0.6 is 0 Å². The van der Waals surface area contributed by atoms with Gasteiger partial charge in [0.2, 0.25) is 0 Å². The Bertz CT molecular complexity index is 1500. The minimum atomic E-state index is 0.632. The van der Waals surface area contributed by atoms with E-state index in [4.69, 9.17) is 10.5 Å². The predicted octanol–water partition coefficient (Wildman–Crippen LogP) is 4.36. The van der Waals surface area contributed by atoms with Gasteiger partial charge in [0.25, 0.3) is 0 Å². The number of piperazine rings is 1.